The maximum absolute atomic E-state index is 13.2. The number of hydrogen-bond donors (Lipinski definition) is 2. The highest BCUT2D eigenvalue weighted by Gasteiger charge is 2.48. The number of benzene rings is 3. The van der Waals surface area contributed by atoms with Crippen molar-refractivity contribution in [3.05, 3.63) is 100 Å². The number of nitrogens with zero attached hydrogens (tertiary/aromatic N) is 2. The van der Waals surface area contributed by atoms with Crippen molar-refractivity contribution >= 4 is 46.0 Å². The van der Waals surface area contributed by atoms with Gasteiger partial charge in [-0.05, 0) is 42.3 Å². The van der Waals surface area contributed by atoms with Gasteiger partial charge in [-0.1, -0.05) is 60.1 Å². The van der Waals surface area contributed by atoms with E-state index in [9.17, 15) is 14.7 Å². The molecule has 2 N–H and O–H groups in total. The lowest BCUT2D eigenvalue weighted by Crippen LogP contribution is -2.30. The molecule has 5 rings (SSSR count). The Morgan fingerprint density at radius 2 is 1.81 bits per heavy atom. The second-order valence-corrected chi connectivity index (χ2v) is 8.11. The Hall–Kier alpha value is -3.90. The highest BCUT2D eigenvalue weighted by atomic mass is 35.5. The van der Waals surface area contributed by atoms with E-state index in [0.29, 0.717) is 21.7 Å². The lowest BCUT2D eigenvalue weighted by molar-refractivity contribution is -0.132. The van der Waals surface area contributed by atoms with Gasteiger partial charge in [0.15, 0.2) is 0 Å². The predicted molar refractivity (Wildman–Crippen MR) is 124 cm³/mol. The van der Waals surface area contributed by atoms with Crippen LogP contribution in [0.1, 0.15) is 22.7 Å². The fraction of sp³-hybridized carbons (Fsp3) is 0.0800. The van der Waals surface area contributed by atoms with Crippen molar-refractivity contribution in [3.8, 4) is 0 Å². The summed E-state index contributed by atoms with van der Waals surface area (Å²) in [6.07, 6.45) is 0. The van der Waals surface area contributed by atoms with Gasteiger partial charge in [-0.2, -0.15) is 0 Å². The molecule has 4 aromatic rings. The summed E-state index contributed by atoms with van der Waals surface area (Å²) in [5.41, 5.74) is 3.48. The van der Waals surface area contributed by atoms with Crippen molar-refractivity contribution < 1.29 is 14.7 Å². The number of aromatic amines is 1. The first-order chi connectivity index (χ1) is 15.4. The van der Waals surface area contributed by atoms with Crippen LogP contribution in [0, 0.1) is 6.92 Å². The lowest BCUT2D eigenvalue weighted by Gasteiger charge is -2.23. The van der Waals surface area contributed by atoms with E-state index in [1.54, 1.807) is 24.3 Å². The van der Waals surface area contributed by atoms with E-state index in [-0.39, 0.29) is 17.3 Å². The third kappa shape index (κ3) is 3.25. The first-order valence-corrected chi connectivity index (χ1v) is 10.4. The molecule has 158 valence electrons. The number of halogens is 1. The average Bonchev–Trinajstić information content (AvgIpc) is 3.32. The predicted octanol–water partition coefficient (Wildman–Crippen LogP) is 5.15. The quantitative estimate of drug-likeness (QED) is 0.260. The average molecular weight is 444 g/mol. The molecule has 1 amide bonds. The SMILES string of the molecule is Cc1ccc2nc(N3C(=O)C(=O)/C(=C(/O)c4cccc(Cl)c4)C3c3ccccc3)[nH]c2c1. The number of fused-ring (bicyclic) bond motifs is 1. The summed E-state index contributed by atoms with van der Waals surface area (Å²) in [6, 6.07) is 20.5. The Morgan fingerprint density at radius 1 is 1.03 bits per heavy atom. The summed E-state index contributed by atoms with van der Waals surface area (Å²) >= 11 is 6.09. The van der Waals surface area contributed by atoms with Crippen LogP contribution < -0.4 is 4.90 Å². The molecule has 32 heavy (non-hydrogen) atoms. The molecule has 1 aromatic heterocycles. The number of amides is 1. The van der Waals surface area contributed by atoms with E-state index in [4.69, 9.17) is 11.6 Å². The largest absolute Gasteiger partial charge is 0.507 e. The topological polar surface area (TPSA) is 86.3 Å². The zero-order chi connectivity index (χ0) is 22.4. The van der Waals surface area contributed by atoms with E-state index >= 15 is 0 Å². The number of aliphatic hydroxyl groups is 1. The van der Waals surface area contributed by atoms with E-state index in [0.717, 1.165) is 11.1 Å². The molecule has 0 aliphatic carbocycles. The monoisotopic (exact) mass is 443 g/mol. The fourth-order valence-electron chi connectivity index (χ4n) is 4.02. The van der Waals surface area contributed by atoms with Crippen molar-refractivity contribution in [1.82, 2.24) is 9.97 Å². The summed E-state index contributed by atoms with van der Waals surface area (Å²) in [5, 5.41) is 11.5. The van der Waals surface area contributed by atoms with Crippen LogP contribution in [-0.4, -0.2) is 26.8 Å². The molecule has 0 spiro atoms. The maximum atomic E-state index is 13.2. The van der Waals surface area contributed by atoms with Crippen molar-refractivity contribution in [3.63, 3.8) is 0 Å². The minimum atomic E-state index is -0.850. The van der Waals surface area contributed by atoms with Crippen molar-refractivity contribution in [1.29, 1.82) is 0 Å². The number of aliphatic hydroxyl groups excluding tert-OH is 1. The number of rotatable bonds is 3. The number of carbonyl (C=O) groups excluding carboxylic acids is 2. The van der Waals surface area contributed by atoms with Gasteiger partial charge in [-0.15, -0.1) is 0 Å². The Bertz CT molecular complexity index is 1410. The molecule has 6 nitrogen and oxygen atoms in total. The van der Waals surface area contributed by atoms with E-state index in [1.165, 1.54) is 4.90 Å². The van der Waals surface area contributed by atoms with Gasteiger partial charge in [0.05, 0.1) is 22.6 Å². The number of anilines is 1. The van der Waals surface area contributed by atoms with Crippen LogP contribution in [0.4, 0.5) is 5.95 Å². The Morgan fingerprint density at radius 3 is 2.56 bits per heavy atom. The number of aromatic nitrogens is 2. The molecule has 1 atom stereocenters. The van der Waals surface area contributed by atoms with Gasteiger partial charge in [-0.25, -0.2) is 4.98 Å². The van der Waals surface area contributed by atoms with Crippen LogP contribution in [0.25, 0.3) is 16.8 Å². The number of Topliss-reactive ketones (excluding diaryl/α,β-unsaturated/α-hetero) is 1. The number of carbonyl (C=O) groups is 2. The molecule has 1 saturated heterocycles. The third-order valence-electron chi connectivity index (χ3n) is 5.51. The van der Waals surface area contributed by atoms with Crippen LogP contribution in [0.15, 0.2) is 78.4 Å². The molecule has 1 unspecified atom stereocenters. The van der Waals surface area contributed by atoms with E-state index in [2.05, 4.69) is 9.97 Å². The molecule has 1 fully saturated rings. The molecular formula is C25H18ClN3O3. The molecule has 7 heteroatoms. The number of nitrogens with one attached hydrogen (secondary N) is 1. The van der Waals surface area contributed by atoms with Crippen molar-refractivity contribution in [2.75, 3.05) is 4.90 Å². The third-order valence-corrected chi connectivity index (χ3v) is 5.75. The molecule has 1 aliphatic rings. The minimum absolute atomic E-state index is 0.0138. The summed E-state index contributed by atoms with van der Waals surface area (Å²) in [6.45, 7) is 1.96. The van der Waals surface area contributed by atoms with Crippen LogP contribution in [0.5, 0.6) is 0 Å². The minimum Gasteiger partial charge on any atom is -0.507 e. The first kappa shape index (κ1) is 20.0. The number of imidazole rings is 1. The van der Waals surface area contributed by atoms with E-state index in [1.807, 2.05) is 55.5 Å². The Kier molecular flexibility index (Phi) is 4.79. The highest BCUT2D eigenvalue weighted by molar-refractivity contribution is 6.51. The molecule has 0 saturated carbocycles. The molecular weight excluding hydrogens is 426 g/mol. The Balaban J connectivity index is 1.73. The molecule has 1 aliphatic heterocycles. The van der Waals surface area contributed by atoms with Gasteiger partial charge in [0.2, 0.25) is 5.95 Å². The van der Waals surface area contributed by atoms with Crippen LogP contribution >= 0.6 is 11.6 Å². The number of ketones is 1. The normalized spacial score (nSPS) is 17.9. The summed E-state index contributed by atoms with van der Waals surface area (Å²) in [4.78, 5) is 35.4. The van der Waals surface area contributed by atoms with Crippen LogP contribution in [-0.2, 0) is 9.59 Å². The lowest BCUT2D eigenvalue weighted by atomic mass is 9.95. The van der Waals surface area contributed by atoms with Crippen LogP contribution in [0.3, 0.4) is 0 Å². The second-order valence-electron chi connectivity index (χ2n) is 7.67. The smallest absolute Gasteiger partial charge is 0.302 e. The molecule has 0 radical (unpaired) electrons. The first-order valence-electron chi connectivity index (χ1n) is 10.0. The number of aryl methyl sites for hydroxylation is 1. The zero-order valence-corrected chi connectivity index (χ0v) is 17.8. The van der Waals surface area contributed by atoms with Gasteiger partial charge in [0.25, 0.3) is 5.78 Å². The van der Waals surface area contributed by atoms with Gasteiger partial charge >= 0.3 is 5.91 Å². The molecule has 3 aromatic carbocycles. The summed E-state index contributed by atoms with van der Waals surface area (Å²) in [7, 11) is 0. The summed E-state index contributed by atoms with van der Waals surface area (Å²) < 4.78 is 0. The van der Waals surface area contributed by atoms with Crippen LogP contribution in [0.2, 0.25) is 5.02 Å². The second kappa shape index (κ2) is 7.66. The van der Waals surface area contributed by atoms with Gasteiger partial charge in [0, 0.05) is 10.6 Å². The van der Waals surface area contributed by atoms with Gasteiger partial charge < -0.3 is 10.1 Å². The van der Waals surface area contributed by atoms with Crippen molar-refractivity contribution in [2.24, 2.45) is 0 Å². The standard InChI is InChI=1S/C25H18ClN3O3/c1-14-10-11-18-19(12-14)28-25(27-18)29-21(15-6-3-2-4-7-15)20(23(31)24(29)32)22(30)16-8-5-9-17(26)13-16/h2-13,21,30H,1H3,(H,27,28)/b22-20+. The highest BCUT2D eigenvalue weighted by Crippen LogP contribution is 2.41. The van der Waals surface area contributed by atoms with Crippen molar-refractivity contribution in [2.45, 2.75) is 13.0 Å². The number of hydrogen-bond acceptors (Lipinski definition) is 4. The van der Waals surface area contributed by atoms with E-state index < -0.39 is 17.7 Å². The number of H-pyrrole nitrogens is 1. The molecule has 0 bridgehead atoms. The Labute approximate surface area is 188 Å². The van der Waals surface area contributed by atoms with Gasteiger partial charge in [0.1, 0.15) is 5.76 Å². The van der Waals surface area contributed by atoms with Gasteiger partial charge in [-0.3, -0.25) is 14.5 Å². The fourth-order valence-corrected chi connectivity index (χ4v) is 4.21. The molecule has 2 heterocycles. The maximum Gasteiger partial charge on any atom is 0.302 e. The summed E-state index contributed by atoms with van der Waals surface area (Å²) in [5.74, 6) is -1.59. The zero-order valence-electron chi connectivity index (χ0n) is 17.0.